The molecular formula is C35H39ClF4N4O3. The Morgan fingerprint density at radius 3 is 2.57 bits per heavy atom. The van der Waals surface area contributed by atoms with E-state index >= 15 is 8.78 Å². The molecule has 0 bridgehead atoms. The second kappa shape index (κ2) is 12.6. The van der Waals surface area contributed by atoms with Crippen molar-refractivity contribution in [3.63, 3.8) is 0 Å². The predicted molar refractivity (Wildman–Crippen MR) is 176 cm³/mol. The summed E-state index contributed by atoms with van der Waals surface area (Å²) in [6.07, 6.45) is -0.727. The van der Waals surface area contributed by atoms with Gasteiger partial charge in [0.05, 0.1) is 17.2 Å². The monoisotopic (exact) mass is 674 g/mol. The first-order chi connectivity index (χ1) is 22.2. The average molecular weight is 675 g/mol. The summed E-state index contributed by atoms with van der Waals surface area (Å²) >= 11 is 6.83. The lowest BCUT2D eigenvalue weighted by atomic mass is 9.73. The van der Waals surface area contributed by atoms with Crippen molar-refractivity contribution in [2.75, 3.05) is 44.7 Å². The van der Waals surface area contributed by atoms with Gasteiger partial charge in [0.25, 0.3) is 0 Å². The lowest BCUT2D eigenvalue weighted by molar-refractivity contribution is -0.0679. The molecule has 0 saturated carbocycles. The molecule has 4 aromatic rings. The van der Waals surface area contributed by atoms with E-state index in [2.05, 4.69) is 9.97 Å². The number of aliphatic hydroxyl groups is 1. The number of aromatic nitrogens is 2. The number of nitrogens with zero attached hydrogens (tertiary/aromatic N) is 4. The van der Waals surface area contributed by atoms with Gasteiger partial charge in [-0.1, -0.05) is 31.5 Å². The zero-order valence-corrected chi connectivity index (χ0v) is 27.6. The topological polar surface area (TPSA) is 82.0 Å². The summed E-state index contributed by atoms with van der Waals surface area (Å²) in [4.78, 5) is 12.9. The Labute approximate surface area is 276 Å². The number of halogens is 5. The third kappa shape index (κ3) is 6.29. The Bertz CT molecular complexity index is 1840. The number of ether oxygens (including phenoxy) is 1. The number of anilines is 1. The molecule has 7 nitrogen and oxygen atoms in total. The van der Waals surface area contributed by atoms with Crippen LogP contribution in [0.2, 0.25) is 5.02 Å². The van der Waals surface area contributed by atoms with Crippen molar-refractivity contribution >= 4 is 39.1 Å². The van der Waals surface area contributed by atoms with Crippen LogP contribution in [0, 0.1) is 23.0 Å². The van der Waals surface area contributed by atoms with E-state index in [1.54, 1.807) is 20.8 Å². The minimum atomic E-state index is -2.54. The highest BCUT2D eigenvalue weighted by Crippen LogP contribution is 2.45. The van der Waals surface area contributed by atoms with Crippen molar-refractivity contribution in [1.29, 1.82) is 0 Å². The van der Waals surface area contributed by atoms with Crippen LogP contribution in [0.5, 0.6) is 11.8 Å². The summed E-state index contributed by atoms with van der Waals surface area (Å²) in [6.45, 7) is 6.73. The SMILES string of the molecule is CCc1c(F)ccc2cc(O)cc(-c3c(Cl)cc4c(N5CCC[C@@](C)(O)C5)nc(OC[C@]5(C)CN(C)CC[C@@H]5C(F)F)nc4c3F)c12. The predicted octanol–water partition coefficient (Wildman–Crippen LogP) is 7.60. The maximum Gasteiger partial charge on any atom is 0.319 e. The van der Waals surface area contributed by atoms with E-state index in [1.165, 1.54) is 30.3 Å². The molecule has 3 heterocycles. The Morgan fingerprint density at radius 1 is 1.11 bits per heavy atom. The molecule has 2 N–H and O–H groups in total. The number of hydrogen-bond acceptors (Lipinski definition) is 7. The fraction of sp³-hybridized carbons (Fsp3) is 0.486. The molecule has 0 radical (unpaired) electrons. The van der Waals surface area contributed by atoms with E-state index in [4.69, 9.17) is 16.3 Å². The first-order valence-corrected chi connectivity index (χ1v) is 16.3. The fourth-order valence-corrected chi connectivity index (χ4v) is 7.78. The Kier molecular flexibility index (Phi) is 8.95. The standard InChI is InChI=1S/C35H39ClF4N4O3/c1-5-21-26(37)8-7-19-13-20(45)14-22(27(19)21)28-25(36)15-23-30(29(28)38)41-33(42-32(23)44-11-6-10-35(3,46)17-44)47-18-34(2)16-43(4)12-9-24(34)31(39)40/h7-8,13-15,24,31,45-46H,5-6,9-12,16-18H2,1-4H3/t24-,34+,35-/m1/s1. The largest absolute Gasteiger partial charge is 0.508 e. The number of rotatable bonds is 7. The van der Waals surface area contributed by atoms with Gasteiger partial charge in [0.1, 0.15) is 22.9 Å². The second-order valence-electron chi connectivity index (χ2n) is 13.7. The van der Waals surface area contributed by atoms with Crippen LogP contribution < -0.4 is 9.64 Å². The fourth-order valence-electron chi connectivity index (χ4n) is 7.49. The second-order valence-corrected chi connectivity index (χ2v) is 14.1. The Balaban J connectivity index is 1.54. The molecule has 0 amide bonds. The van der Waals surface area contributed by atoms with Crippen LogP contribution in [0.25, 0.3) is 32.8 Å². The molecule has 0 unspecified atom stereocenters. The quantitative estimate of drug-likeness (QED) is 0.195. The zero-order chi connectivity index (χ0) is 33.8. The summed E-state index contributed by atoms with van der Waals surface area (Å²) in [5.74, 6) is -2.08. The van der Waals surface area contributed by atoms with E-state index < -0.39 is 35.0 Å². The van der Waals surface area contributed by atoms with Gasteiger partial charge in [0.15, 0.2) is 5.82 Å². The summed E-state index contributed by atoms with van der Waals surface area (Å²) in [5, 5.41) is 22.7. The van der Waals surface area contributed by atoms with Crippen LogP contribution in [-0.4, -0.2) is 76.9 Å². The van der Waals surface area contributed by atoms with Gasteiger partial charge in [-0.05, 0) is 92.4 Å². The number of benzene rings is 3. The highest BCUT2D eigenvalue weighted by Gasteiger charge is 2.44. The molecule has 3 atom stereocenters. The molecule has 6 rings (SSSR count). The molecule has 47 heavy (non-hydrogen) atoms. The smallest absolute Gasteiger partial charge is 0.319 e. The van der Waals surface area contributed by atoms with E-state index in [9.17, 15) is 19.0 Å². The number of phenolic OH excluding ortho intramolecular Hbond substituents is 1. The summed E-state index contributed by atoms with van der Waals surface area (Å²) in [6, 6.07) is 6.99. The molecule has 1 aromatic heterocycles. The molecule has 3 aromatic carbocycles. The van der Waals surface area contributed by atoms with Crippen molar-refractivity contribution < 1.29 is 32.5 Å². The molecule has 12 heteroatoms. The van der Waals surface area contributed by atoms with Gasteiger partial charge in [-0.2, -0.15) is 9.97 Å². The highest BCUT2D eigenvalue weighted by atomic mass is 35.5. The molecule has 2 fully saturated rings. The molecule has 2 aliphatic rings. The van der Waals surface area contributed by atoms with Crippen molar-refractivity contribution in [3.8, 4) is 22.9 Å². The number of piperidine rings is 2. The first-order valence-electron chi connectivity index (χ1n) is 15.9. The molecular weight excluding hydrogens is 636 g/mol. The minimum Gasteiger partial charge on any atom is -0.508 e. The van der Waals surface area contributed by atoms with Crippen molar-refractivity contribution in [1.82, 2.24) is 14.9 Å². The van der Waals surface area contributed by atoms with E-state index in [0.29, 0.717) is 61.7 Å². The van der Waals surface area contributed by atoms with E-state index in [1.807, 2.05) is 16.8 Å². The van der Waals surface area contributed by atoms with Gasteiger partial charge in [-0.15, -0.1) is 0 Å². The Hall–Kier alpha value is -3.41. The van der Waals surface area contributed by atoms with Gasteiger partial charge < -0.3 is 24.7 Å². The van der Waals surface area contributed by atoms with Gasteiger partial charge in [-0.25, -0.2) is 17.6 Å². The van der Waals surface area contributed by atoms with Crippen molar-refractivity contribution in [3.05, 3.63) is 52.6 Å². The van der Waals surface area contributed by atoms with Gasteiger partial charge in [-0.3, -0.25) is 0 Å². The minimum absolute atomic E-state index is 0.00645. The third-order valence-corrected chi connectivity index (χ3v) is 10.1. The molecule has 252 valence electrons. The van der Waals surface area contributed by atoms with Crippen LogP contribution in [-0.2, 0) is 6.42 Å². The van der Waals surface area contributed by atoms with Crippen LogP contribution in [0.4, 0.5) is 23.4 Å². The van der Waals surface area contributed by atoms with Gasteiger partial charge in [0.2, 0.25) is 6.43 Å². The van der Waals surface area contributed by atoms with Crippen molar-refractivity contribution in [2.45, 2.75) is 58.5 Å². The number of likely N-dealkylation sites (tertiary alicyclic amines) is 1. The maximum absolute atomic E-state index is 17.0. The summed E-state index contributed by atoms with van der Waals surface area (Å²) in [7, 11) is 1.87. The highest BCUT2D eigenvalue weighted by molar-refractivity contribution is 6.35. The van der Waals surface area contributed by atoms with Gasteiger partial charge in [0, 0.05) is 41.9 Å². The van der Waals surface area contributed by atoms with Crippen molar-refractivity contribution in [2.24, 2.45) is 11.3 Å². The van der Waals surface area contributed by atoms with E-state index in [-0.39, 0.29) is 57.8 Å². The zero-order valence-electron chi connectivity index (χ0n) is 26.9. The Morgan fingerprint density at radius 2 is 1.87 bits per heavy atom. The van der Waals surface area contributed by atoms with E-state index in [0.717, 1.165) is 0 Å². The number of aryl methyl sites for hydroxylation is 1. The molecule has 0 spiro atoms. The number of phenols is 1. The molecule has 0 aliphatic carbocycles. The first kappa shape index (κ1) is 33.5. The number of alkyl halides is 2. The summed E-state index contributed by atoms with van der Waals surface area (Å²) < 4.78 is 66.4. The number of aromatic hydroxyl groups is 1. The van der Waals surface area contributed by atoms with Crippen LogP contribution in [0.1, 0.15) is 45.6 Å². The van der Waals surface area contributed by atoms with Crippen LogP contribution in [0.15, 0.2) is 30.3 Å². The summed E-state index contributed by atoms with van der Waals surface area (Å²) in [5.41, 5.74) is -1.65. The van der Waals surface area contributed by atoms with Crippen LogP contribution in [0.3, 0.4) is 0 Å². The lowest BCUT2D eigenvalue weighted by Crippen LogP contribution is -2.51. The van der Waals surface area contributed by atoms with Gasteiger partial charge >= 0.3 is 6.01 Å². The van der Waals surface area contributed by atoms with Crippen LogP contribution >= 0.6 is 11.6 Å². The lowest BCUT2D eigenvalue weighted by Gasteiger charge is -2.44. The number of β-amino-alcohol motifs (C(OH)–C–C–N with tert-alkyl or cyclic N) is 1. The average Bonchev–Trinajstić information content (AvgIpc) is 2.99. The maximum atomic E-state index is 17.0. The normalized spacial score (nSPS) is 24.1. The number of fused-ring (bicyclic) bond motifs is 2. The number of hydrogen-bond donors (Lipinski definition) is 2. The molecule has 2 aliphatic heterocycles. The molecule has 2 saturated heterocycles. The third-order valence-electron chi connectivity index (χ3n) is 9.78.